The van der Waals surface area contributed by atoms with Crippen LogP contribution in [0.4, 0.5) is 0 Å². The molecule has 1 aromatic rings. The van der Waals surface area contributed by atoms with Gasteiger partial charge in [0.15, 0.2) is 0 Å². The molecule has 0 unspecified atom stereocenters. The van der Waals surface area contributed by atoms with Crippen molar-refractivity contribution >= 4 is 15.9 Å². The van der Waals surface area contributed by atoms with Crippen LogP contribution in [-0.4, -0.2) is 46.9 Å². The van der Waals surface area contributed by atoms with Crippen LogP contribution in [-0.2, 0) is 19.6 Å². The molecule has 134 valence electrons. The molecule has 2 atom stereocenters. The molecular formula is C16H24N2O5S. The maximum atomic E-state index is 12.2. The van der Waals surface area contributed by atoms with Gasteiger partial charge in [-0.1, -0.05) is 12.1 Å². The van der Waals surface area contributed by atoms with Gasteiger partial charge in [-0.2, -0.15) is 0 Å². The number of hydrogen-bond donors (Lipinski definition) is 2. The molecule has 2 N–H and O–H groups in total. The minimum absolute atomic E-state index is 0.0200. The van der Waals surface area contributed by atoms with Crippen LogP contribution in [0.5, 0.6) is 5.75 Å². The normalized spacial score (nSPS) is 19.0. The Kier molecular flexibility index (Phi) is 6.59. The molecule has 0 saturated carbocycles. The second-order valence-electron chi connectivity index (χ2n) is 5.86. The van der Waals surface area contributed by atoms with Crippen LogP contribution in [0.1, 0.15) is 30.9 Å². The summed E-state index contributed by atoms with van der Waals surface area (Å²) in [6, 6.07) is 6.33. The molecule has 1 aromatic carbocycles. The summed E-state index contributed by atoms with van der Waals surface area (Å²) in [6.45, 7) is 1.18. The molecule has 0 radical (unpaired) electrons. The summed E-state index contributed by atoms with van der Waals surface area (Å²) in [5.41, 5.74) is 0.702. The zero-order valence-electron chi connectivity index (χ0n) is 13.9. The van der Waals surface area contributed by atoms with Crippen LogP contribution in [0.15, 0.2) is 24.3 Å². The molecule has 0 spiro atoms. The third kappa shape index (κ3) is 6.10. The van der Waals surface area contributed by atoms with Gasteiger partial charge in [-0.05, 0) is 30.5 Å². The lowest BCUT2D eigenvalue weighted by molar-refractivity contribution is -0.122. The maximum absolute atomic E-state index is 12.2. The van der Waals surface area contributed by atoms with E-state index in [4.69, 9.17) is 9.47 Å². The first kappa shape index (κ1) is 18.7. The van der Waals surface area contributed by atoms with Crippen molar-refractivity contribution in [2.75, 3.05) is 26.5 Å². The number of benzene rings is 1. The van der Waals surface area contributed by atoms with Crippen molar-refractivity contribution in [1.29, 1.82) is 0 Å². The van der Waals surface area contributed by atoms with E-state index in [2.05, 4.69) is 10.0 Å². The zero-order valence-corrected chi connectivity index (χ0v) is 14.8. The lowest BCUT2D eigenvalue weighted by Crippen LogP contribution is -2.36. The van der Waals surface area contributed by atoms with Crippen molar-refractivity contribution in [3.63, 3.8) is 0 Å². The van der Waals surface area contributed by atoms with E-state index in [9.17, 15) is 13.2 Å². The minimum Gasteiger partial charge on any atom is -0.497 e. The van der Waals surface area contributed by atoms with E-state index >= 15 is 0 Å². The first-order valence-electron chi connectivity index (χ1n) is 7.87. The number of nitrogens with one attached hydrogen (secondary N) is 2. The molecular weight excluding hydrogens is 332 g/mol. The summed E-state index contributed by atoms with van der Waals surface area (Å²) >= 11 is 0. The van der Waals surface area contributed by atoms with E-state index in [1.807, 2.05) is 0 Å². The Morgan fingerprint density at radius 3 is 2.62 bits per heavy atom. The van der Waals surface area contributed by atoms with Gasteiger partial charge in [-0.15, -0.1) is 0 Å². The largest absolute Gasteiger partial charge is 0.497 e. The van der Waals surface area contributed by atoms with Crippen LogP contribution in [0.25, 0.3) is 0 Å². The van der Waals surface area contributed by atoms with E-state index in [1.165, 1.54) is 0 Å². The van der Waals surface area contributed by atoms with E-state index in [0.29, 0.717) is 17.9 Å². The zero-order chi connectivity index (χ0) is 17.6. The number of hydrogen-bond acceptors (Lipinski definition) is 5. The lowest BCUT2D eigenvalue weighted by Gasteiger charge is -2.19. The van der Waals surface area contributed by atoms with Crippen molar-refractivity contribution in [2.45, 2.75) is 31.4 Å². The van der Waals surface area contributed by atoms with E-state index in [1.54, 1.807) is 31.4 Å². The number of sulfonamides is 1. The highest BCUT2D eigenvalue weighted by Gasteiger charge is 2.21. The van der Waals surface area contributed by atoms with Crippen molar-refractivity contribution in [3.8, 4) is 5.75 Å². The quantitative estimate of drug-likeness (QED) is 0.724. The van der Waals surface area contributed by atoms with Gasteiger partial charge in [0, 0.05) is 19.6 Å². The Labute approximate surface area is 142 Å². The highest BCUT2D eigenvalue weighted by Crippen LogP contribution is 2.21. The van der Waals surface area contributed by atoms with Gasteiger partial charge < -0.3 is 14.8 Å². The number of carbonyl (C=O) groups excluding carboxylic acids is 1. The van der Waals surface area contributed by atoms with Gasteiger partial charge >= 0.3 is 0 Å². The smallest absolute Gasteiger partial charge is 0.222 e. The topological polar surface area (TPSA) is 93.7 Å². The molecule has 1 saturated heterocycles. The van der Waals surface area contributed by atoms with Gasteiger partial charge in [-0.3, -0.25) is 4.79 Å². The van der Waals surface area contributed by atoms with Crippen LogP contribution in [0.2, 0.25) is 0 Å². The molecule has 7 nitrogen and oxygen atoms in total. The highest BCUT2D eigenvalue weighted by molar-refractivity contribution is 7.88. The SMILES string of the molecule is COc1ccc([C@@H](CC(=O)NC[C@@H]2CCCO2)NS(C)(=O)=O)cc1. The monoisotopic (exact) mass is 356 g/mol. The molecule has 2 rings (SSSR count). The van der Waals surface area contributed by atoms with Crippen molar-refractivity contribution in [1.82, 2.24) is 10.0 Å². The summed E-state index contributed by atoms with van der Waals surface area (Å²) in [4.78, 5) is 12.2. The summed E-state index contributed by atoms with van der Waals surface area (Å²) < 4.78 is 36.3. The van der Waals surface area contributed by atoms with Crippen molar-refractivity contribution < 1.29 is 22.7 Å². The van der Waals surface area contributed by atoms with Crippen molar-refractivity contribution in [2.24, 2.45) is 0 Å². The third-order valence-electron chi connectivity index (χ3n) is 3.81. The fourth-order valence-corrected chi connectivity index (χ4v) is 3.35. The second-order valence-corrected chi connectivity index (χ2v) is 7.64. The molecule has 1 aliphatic heterocycles. The third-order valence-corrected chi connectivity index (χ3v) is 4.53. The Balaban J connectivity index is 2.00. The van der Waals surface area contributed by atoms with Crippen LogP contribution >= 0.6 is 0 Å². The van der Waals surface area contributed by atoms with Crippen molar-refractivity contribution in [3.05, 3.63) is 29.8 Å². The Morgan fingerprint density at radius 2 is 2.08 bits per heavy atom. The second kappa shape index (κ2) is 8.46. The Bertz CT molecular complexity index is 639. The molecule has 8 heteroatoms. The summed E-state index contributed by atoms with van der Waals surface area (Å²) in [7, 11) is -1.89. The molecule has 24 heavy (non-hydrogen) atoms. The maximum Gasteiger partial charge on any atom is 0.222 e. The molecule has 1 heterocycles. The fraction of sp³-hybridized carbons (Fsp3) is 0.562. The van der Waals surface area contributed by atoms with Gasteiger partial charge in [0.05, 0.1) is 25.5 Å². The fourth-order valence-electron chi connectivity index (χ4n) is 2.61. The van der Waals surface area contributed by atoms with E-state index < -0.39 is 16.1 Å². The number of methoxy groups -OCH3 is 1. The predicted octanol–water partition coefficient (Wildman–Crippen LogP) is 0.971. The summed E-state index contributed by atoms with van der Waals surface area (Å²) in [5.74, 6) is 0.446. The predicted molar refractivity (Wildman–Crippen MR) is 90.3 cm³/mol. The molecule has 1 aliphatic rings. The average molecular weight is 356 g/mol. The Morgan fingerprint density at radius 1 is 1.38 bits per heavy atom. The van der Waals surface area contributed by atoms with Crippen LogP contribution in [0, 0.1) is 0 Å². The first-order valence-corrected chi connectivity index (χ1v) is 9.76. The molecule has 1 amide bonds. The summed E-state index contributed by atoms with van der Waals surface area (Å²) in [6.07, 6.45) is 3.09. The van der Waals surface area contributed by atoms with E-state index in [-0.39, 0.29) is 18.4 Å². The van der Waals surface area contributed by atoms with Gasteiger partial charge in [0.25, 0.3) is 0 Å². The minimum atomic E-state index is -3.45. The number of carbonyl (C=O) groups is 1. The molecule has 0 bridgehead atoms. The molecule has 0 aromatic heterocycles. The first-order chi connectivity index (χ1) is 11.4. The standard InChI is InChI=1S/C16H24N2O5S/c1-22-13-7-5-12(6-8-13)15(18-24(2,20)21)10-16(19)17-11-14-4-3-9-23-14/h5-8,14-15,18H,3-4,9-11H2,1-2H3,(H,17,19)/t14-,15+/m0/s1. The van der Waals surface area contributed by atoms with Crippen LogP contribution in [0.3, 0.4) is 0 Å². The van der Waals surface area contributed by atoms with Crippen LogP contribution < -0.4 is 14.8 Å². The van der Waals surface area contributed by atoms with E-state index in [0.717, 1.165) is 25.7 Å². The van der Waals surface area contributed by atoms with Gasteiger partial charge in [0.1, 0.15) is 5.75 Å². The van der Waals surface area contributed by atoms with Gasteiger partial charge in [0.2, 0.25) is 15.9 Å². The number of rotatable bonds is 8. The molecule has 1 fully saturated rings. The number of amides is 1. The summed E-state index contributed by atoms with van der Waals surface area (Å²) in [5, 5.41) is 2.81. The average Bonchev–Trinajstić information content (AvgIpc) is 3.04. The lowest BCUT2D eigenvalue weighted by atomic mass is 10.0. The van der Waals surface area contributed by atoms with Gasteiger partial charge in [-0.25, -0.2) is 13.1 Å². The highest BCUT2D eigenvalue weighted by atomic mass is 32.2. The number of ether oxygens (including phenoxy) is 2. The Hall–Kier alpha value is -1.64. The molecule has 0 aliphatic carbocycles.